The van der Waals surface area contributed by atoms with Crippen LogP contribution in [0.15, 0.2) is 53.3 Å². The molecule has 0 bridgehead atoms. The number of nitriles is 1. The van der Waals surface area contributed by atoms with Gasteiger partial charge >= 0.3 is 0 Å². The number of carbonyl (C=O) groups excluding carboxylic acids is 2. The van der Waals surface area contributed by atoms with Crippen molar-refractivity contribution in [3.8, 4) is 18.4 Å². The van der Waals surface area contributed by atoms with Crippen LogP contribution in [0, 0.1) is 30.6 Å². The molecular formula is C28H28N6O3S. The molecule has 0 saturated heterocycles. The Morgan fingerprint density at radius 1 is 1.18 bits per heavy atom. The fraction of sp³-hybridized carbons (Fsp3) is 0.214. The minimum Gasteiger partial charge on any atom is -0.365 e. The second kappa shape index (κ2) is 12.9. The summed E-state index contributed by atoms with van der Waals surface area (Å²) in [5.74, 6) is 1.47. The van der Waals surface area contributed by atoms with Gasteiger partial charge in [0.25, 0.3) is 11.5 Å². The number of rotatable bonds is 9. The number of aromatic nitrogens is 1. The summed E-state index contributed by atoms with van der Waals surface area (Å²) in [4.78, 5) is 39.7. The smallest absolute Gasteiger partial charge is 0.270 e. The van der Waals surface area contributed by atoms with E-state index in [2.05, 4.69) is 21.9 Å². The fourth-order valence-corrected chi connectivity index (χ4v) is 4.70. The second-order valence-corrected chi connectivity index (χ2v) is 9.34. The summed E-state index contributed by atoms with van der Waals surface area (Å²) < 4.78 is 1.93. The first-order valence-electron chi connectivity index (χ1n) is 11.8. The van der Waals surface area contributed by atoms with Gasteiger partial charge in [-0.2, -0.15) is 5.26 Å². The lowest BCUT2D eigenvalue weighted by molar-refractivity contribution is -0.116. The van der Waals surface area contributed by atoms with E-state index in [1.54, 1.807) is 31.2 Å². The molecule has 10 heteroatoms. The van der Waals surface area contributed by atoms with Crippen LogP contribution < -0.4 is 35.6 Å². The van der Waals surface area contributed by atoms with Crippen molar-refractivity contribution in [3.05, 3.63) is 73.6 Å². The molecule has 0 unspecified atom stereocenters. The van der Waals surface area contributed by atoms with Gasteiger partial charge in [0.15, 0.2) is 5.57 Å². The van der Waals surface area contributed by atoms with Crippen LogP contribution in [0.4, 0.5) is 17.1 Å². The van der Waals surface area contributed by atoms with E-state index in [1.807, 2.05) is 49.2 Å². The van der Waals surface area contributed by atoms with E-state index in [1.165, 1.54) is 10.8 Å². The van der Waals surface area contributed by atoms with Gasteiger partial charge < -0.3 is 20.9 Å². The highest BCUT2D eigenvalue weighted by molar-refractivity contribution is 7.07. The Bertz CT molecular complexity index is 1610. The van der Waals surface area contributed by atoms with Crippen LogP contribution in [0.5, 0.6) is 0 Å². The molecule has 194 valence electrons. The summed E-state index contributed by atoms with van der Waals surface area (Å²) in [6, 6.07) is 16.9. The molecule has 0 saturated carbocycles. The number of aryl methyl sites for hydroxylation is 1. The molecule has 2 amide bonds. The summed E-state index contributed by atoms with van der Waals surface area (Å²) in [6.45, 7) is 4.19. The Kier molecular flexibility index (Phi) is 9.47. The average molecular weight is 529 g/mol. The predicted octanol–water partition coefficient (Wildman–Crippen LogP) is 1.59. The molecule has 0 atom stereocenters. The maximum atomic E-state index is 12.9. The second-order valence-electron chi connectivity index (χ2n) is 8.31. The molecular weight excluding hydrogens is 500 g/mol. The number of thiazole rings is 1. The predicted molar refractivity (Wildman–Crippen MR) is 152 cm³/mol. The van der Waals surface area contributed by atoms with Gasteiger partial charge in [-0.3, -0.25) is 19.0 Å². The summed E-state index contributed by atoms with van der Waals surface area (Å²) in [5.41, 5.74) is 2.79. The van der Waals surface area contributed by atoms with Crippen LogP contribution in [0.25, 0.3) is 11.8 Å². The number of likely N-dealkylation sites (N-methyl/N-ethyl adjacent to an activating group) is 1. The third-order valence-corrected chi connectivity index (χ3v) is 6.60. The van der Waals surface area contributed by atoms with Crippen molar-refractivity contribution in [1.29, 1.82) is 5.26 Å². The van der Waals surface area contributed by atoms with Crippen molar-refractivity contribution < 1.29 is 9.59 Å². The SMILES string of the molecule is C#CCNC(=O)/C(C#N)=c1\s/c(=C/Nc2cccc(NC(=O)CN(C)c3cccc(C)c3)c2)c(=O)n1CC. The molecule has 0 radical (unpaired) electrons. The van der Waals surface area contributed by atoms with E-state index in [0.29, 0.717) is 15.9 Å². The summed E-state index contributed by atoms with van der Waals surface area (Å²) in [7, 11) is 1.85. The van der Waals surface area contributed by atoms with Crippen molar-refractivity contribution in [2.45, 2.75) is 20.4 Å². The van der Waals surface area contributed by atoms with Gasteiger partial charge in [-0.15, -0.1) is 17.8 Å². The highest BCUT2D eigenvalue weighted by atomic mass is 32.1. The van der Waals surface area contributed by atoms with Gasteiger partial charge in [-0.25, -0.2) is 0 Å². The Hall–Kier alpha value is -4.80. The number of terminal acetylenes is 1. The molecule has 0 aliphatic heterocycles. The van der Waals surface area contributed by atoms with Gasteiger partial charge in [0.2, 0.25) is 5.91 Å². The first kappa shape index (κ1) is 27.8. The number of hydrogen-bond donors (Lipinski definition) is 3. The van der Waals surface area contributed by atoms with Crippen LogP contribution in [-0.4, -0.2) is 36.5 Å². The average Bonchev–Trinajstić information content (AvgIpc) is 3.21. The molecule has 38 heavy (non-hydrogen) atoms. The Morgan fingerprint density at radius 3 is 2.61 bits per heavy atom. The lowest BCUT2D eigenvalue weighted by Crippen LogP contribution is -2.34. The van der Waals surface area contributed by atoms with Gasteiger partial charge in [0.05, 0.1) is 13.1 Å². The highest BCUT2D eigenvalue weighted by Crippen LogP contribution is 2.17. The summed E-state index contributed by atoms with van der Waals surface area (Å²) in [6.07, 6.45) is 6.69. The van der Waals surface area contributed by atoms with E-state index in [-0.39, 0.29) is 41.3 Å². The zero-order valence-corrected chi connectivity index (χ0v) is 22.2. The minimum absolute atomic E-state index is 0.0264. The standard InChI is InChI=1S/C28H28N6O3S/c1-5-13-30-26(36)23(16-29)28-34(6-2)27(37)24(38-28)17-31-20-10-8-11-21(15-20)32-25(35)18-33(4)22-12-7-9-19(3)14-22/h1,7-12,14-15,17,31H,6,13,18H2,2-4H3,(H,30,36)(H,32,35)/b24-17+,28-23-. The molecule has 0 aliphatic rings. The third-order valence-electron chi connectivity index (χ3n) is 5.47. The first-order chi connectivity index (χ1) is 18.3. The van der Waals surface area contributed by atoms with Crippen molar-refractivity contribution in [3.63, 3.8) is 0 Å². The first-order valence-corrected chi connectivity index (χ1v) is 12.6. The molecule has 0 spiro atoms. The minimum atomic E-state index is -0.634. The van der Waals surface area contributed by atoms with Gasteiger partial charge in [-0.1, -0.05) is 24.1 Å². The molecule has 0 aliphatic carbocycles. The number of carbonyl (C=O) groups is 2. The lowest BCUT2D eigenvalue weighted by atomic mass is 10.2. The third kappa shape index (κ3) is 6.90. The maximum Gasteiger partial charge on any atom is 0.270 e. The quantitative estimate of drug-likeness (QED) is 0.363. The molecule has 3 rings (SSSR count). The van der Waals surface area contributed by atoms with E-state index in [4.69, 9.17) is 6.42 Å². The molecule has 3 N–H and O–H groups in total. The molecule has 1 aromatic heterocycles. The van der Waals surface area contributed by atoms with Crippen molar-refractivity contribution in [1.82, 2.24) is 9.88 Å². The van der Waals surface area contributed by atoms with Crippen molar-refractivity contribution in [2.75, 3.05) is 35.7 Å². The molecule has 0 fully saturated rings. The van der Waals surface area contributed by atoms with Crippen molar-refractivity contribution in [2.24, 2.45) is 0 Å². The van der Waals surface area contributed by atoms with Gasteiger partial charge in [-0.05, 0) is 49.7 Å². The number of nitrogens with zero attached hydrogens (tertiary/aromatic N) is 3. The highest BCUT2D eigenvalue weighted by Gasteiger charge is 2.15. The zero-order chi connectivity index (χ0) is 27.7. The zero-order valence-electron chi connectivity index (χ0n) is 21.4. The number of benzene rings is 2. The van der Waals surface area contributed by atoms with E-state index >= 15 is 0 Å². The van der Waals surface area contributed by atoms with Crippen LogP contribution in [-0.2, 0) is 16.1 Å². The van der Waals surface area contributed by atoms with Crippen LogP contribution in [0.2, 0.25) is 0 Å². The molecule has 1 heterocycles. The Balaban J connectivity index is 1.79. The number of nitrogens with one attached hydrogen (secondary N) is 3. The van der Waals surface area contributed by atoms with Gasteiger partial charge in [0.1, 0.15) is 15.3 Å². The number of hydrogen-bond acceptors (Lipinski definition) is 7. The summed E-state index contributed by atoms with van der Waals surface area (Å²) in [5, 5.41) is 17.9. The Labute approximate surface area is 224 Å². The number of amides is 2. The normalized spacial score (nSPS) is 11.7. The fourth-order valence-electron chi connectivity index (χ4n) is 3.62. The van der Waals surface area contributed by atoms with Crippen LogP contribution >= 0.6 is 11.3 Å². The van der Waals surface area contributed by atoms with E-state index in [0.717, 1.165) is 22.6 Å². The van der Waals surface area contributed by atoms with Crippen LogP contribution in [0.3, 0.4) is 0 Å². The van der Waals surface area contributed by atoms with Crippen molar-refractivity contribution >= 4 is 52.0 Å². The topological polar surface area (TPSA) is 119 Å². The van der Waals surface area contributed by atoms with Gasteiger partial charge in [0, 0.05) is 36.9 Å². The van der Waals surface area contributed by atoms with Crippen LogP contribution in [0.1, 0.15) is 12.5 Å². The number of anilines is 3. The lowest BCUT2D eigenvalue weighted by Gasteiger charge is -2.19. The van der Waals surface area contributed by atoms with E-state index in [9.17, 15) is 19.6 Å². The van der Waals surface area contributed by atoms with E-state index < -0.39 is 5.91 Å². The summed E-state index contributed by atoms with van der Waals surface area (Å²) >= 11 is 1.03. The maximum absolute atomic E-state index is 12.9. The molecule has 9 nitrogen and oxygen atoms in total. The Morgan fingerprint density at radius 2 is 1.92 bits per heavy atom. The monoisotopic (exact) mass is 528 g/mol. The largest absolute Gasteiger partial charge is 0.365 e. The molecule has 3 aromatic rings. The molecule has 2 aromatic carbocycles.